The average Bonchev–Trinajstić information content (AvgIpc) is 2.72. The molecule has 2 atom stereocenters. The van der Waals surface area contributed by atoms with E-state index in [2.05, 4.69) is 33.8 Å². The lowest BCUT2D eigenvalue weighted by Crippen LogP contribution is -2.29. The fourth-order valence-electron chi connectivity index (χ4n) is 2.33. The van der Waals surface area contributed by atoms with Crippen LogP contribution in [0.4, 0.5) is 0 Å². The number of hydrogen-bond acceptors (Lipinski definition) is 2. The van der Waals surface area contributed by atoms with Crippen LogP contribution in [0.15, 0.2) is 22.7 Å². The number of rotatable bonds is 3. The van der Waals surface area contributed by atoms with Gasteiger partial charge in [-0.2, -0.15) is 0 Å². The lowest BCUT2D eigenvalue weighted by Gasteiger charge is -2.18. The SMILES string of the molecule is CC(N)C1CCN(Cc2ccc(Br)c(Cl)c2)C1. The maximum absolute atomic E-state index is 6.09. The van der Waals surface area contributed by atoms with Crippen molar-refractivity contribution in [2.24, 2.45) is 11.7 Å². The minimum absolute atomic E-state index is 0.300. The second kappa shape index (κ2) is 5.70. The Bertz CT molecular complexity index is 395. The van der Waals surface area contributed by atoms with Gasteiger partial charge in [0.05, 0.1) is 5.02 Å². The summed E-state index contributed by atoms with van der Waals surface area (Å²) >= 11 is 9.50. The van der Waals surface area contributed by atoms with Crippen LogP contribution >= 0.6 is 27.5 Å². The van der Waals surface area contributed by atoms with E-state index in [0.29, 0.717) is 12.0 Å². The third kappa shape index (κ3) is 3.44. The third-order valence-corrected chi connectivity index (χ3v) is 4.68. The molecule has 0 aliphatic carbocycles. The van der Waals surface area contributed by atoms with Crippen LogP contribution < -0.4 is 5.73 Å². The van der Waals surface area contributed by atoms with Crippen molar-refractivity contribution in [2.75, 3.05) is 13.1 Å². The van der Waals surface area contributed by atoms with Crippen molar-refractivity contribution < 1.29 is 0 Å². The normalized spacial score (nSPS) is 22.9. The van der Waals surface area contributed by atoms with Gasteiger partial charge in [-0.15, -0.1) is 0 Å². The first-order valence-corrected chi connectivity index (χ1v) is 7.15. The molecule has 2 rings (SSSR count). The Morgan fingerprint density at radius 2 is 2.35 bits per heavy atom. The maximum Gasteiger partial charge on any atom is 0.0551 e. The molecule has 0 saturated carbocycles. The van der Waals surface area contributed by atoms with E-state index in [-0.39, 0.29) is 0 Å². The molecule has 0 radical (unpaired) electrons. The van der Waals surface area contributed by atoms with Gasteiger partial charge in [0.1, 0.15) is 0 Å². The van der Waals surface area contributed by atoms with Gasteiger partial charge in [0.25, 0.3) is 0 Å². The van der Waals surface area contributed by atoms with Crippen LogP contribution in [0.5, 0.6) is 0 Å². The molecule has 4 heteroatoms. The lowest BCUT2D eigenvalue weighted by molar-refractivity contribution is 0.308. The zero-order valence-corrected chi connectivity index (χ0v) is 12.3. The van der Waals surface area contributed by atoms with Crippen molar-refractivity contribution in [3.05, 3.63) is 33.3 Å². The molecule has 0 bridgehead atoms. The molecule has 2 nitrogen and oxygen atoms in total. The van der Waals surface area contributed by atoms with Gasteiger partial charge in [-0.25, -0.2) is 0 Å². The Morgan fingerprint density at radius 1 is 1.59 bits per heavy atom. The number of nitrogens with zero attached hydrogens (tertiary/aromatic N) is 1. The largest absolute Gasteiger partial charge is 0.328 e. The van der Waals surface area contributed by atoms with E-state index in [1.54, 1.807) is 0 Å². The molecule has 1 aromatic rings. The summed E-state index contributed by atoms with van der Waals surface area (Å²) in [6, 6.07) is 6.46. The van der Waals surface area contributed by atoms with Crippen LogP contribution in [0.2, 0.25) is 5.02 Å². The zero-order valence-electron chi connectivity index (χ0n) is 10.00. The molecular formula is C13H18BrClN2. The Labute approximate surface area is 116 Å². The van der Waals surface area contributed by atoms with E-state index in [0.717, 1.165) is 29.1 Å². The summed E-state index contributed by atoms with van der Waals surface area (Å²) in [5.74, 6) is 0.640. The van der Waals surface area contributed by atoms with Crippen molar-refractivity contribution >= 4 is 27.5 Å². The molecule has 17 heavy (non-hydrogen) atoms. The maximum atomic E-state index is 6.09. The van der Waals surface area contributed by atoms with Gasteiger partial charge in [-0.05, 0) is 59.4 Å². The van der Waals surface area contributed by atoms with E-state index < -0.39 is 0 Å². The first kappa shape index (κ1) is 13.3. The summed E-state index contributed by atoms with van der Waals surface area (Å²) in [6.07, 6.45) is 1.21. The molecule has 1 heterocycles. The van der Waals surface area contributed by atoms with Gasteiger partial charge >= 0.3 is 0 Å². The summed E-state index contributed by atoms with van der Waals surface area (Å²) < 4.78 is 0.956. The standard InChI is InChI=1S/C13H18BrClN2/c1-9(16)11-4-5-17(8-11)7-10-2-3-12(14)13(15)6-10/h2-3,6,9,11H,4-5,7-8,16H2,1H3. The van der Waals surface area contributed by atoms with Crippen molar-refractivity contribution in [1.82, 2.24) is 4.90 Å². The highest BCUT2D eigenvalue weighted by Gasteiger charge is 2.24. The first-order chi connectivity index (χ1) is 8.06. The van der Waals surface area contributed by atoms with E-state index >= 15 is 0 Å². The van der Waals surface area contributed by atoms with Crippen LogP contribution in [0.3, 0.4) is 0 Å². The van der Waals surface area contributed by atoms with Crippen molar-refractivity contribution in [1.29, 1.82) is 0 Å². The van der Waals surface area contributed by atoms with Crippen molar-refractivity contribution in [2.45, 2.75) is 25.9 Å². The molecule has 2 unspecified atom stereocenters. The molecule has 94 valence electrons. The van der Waals surface area contributed by atoms with E-state index in [1.807, 2.05) is 12.1 Å². The Hall–Kier alpha value is -0.0900. The fourth-order valence-corrected chi connectivity index (χ4v) is 2.78. The molecule has 2 N–H and O–H groups in total. The van der Waals surface area contributed by atoms with Gasteiger partial charge in [-0.1, -0.05) is 17.7 Å². The van der Waals surface area contributed by atoms with Gasteiger partial charge in [0.15, 0.2) is 0 Å². The number of halogens is 2. The summed E-state index contributed by atoms with van der Waals surface area (Å²) in [4.78, 5) is 2.45. The second-order valence-electron chi connectivity index (χ2n) is 4.89. The highest BCUT2D eigenvalue weighted by molar-refractivity contribution is 9.10. The predicted molar refractivity (Wildman–Crippen MR) is 76.2 cm³/mol. The fraction of sp³-hybridized carbons (Fsp3) is 0.538. The Kier molecular flexibility index (Phi) is 4.47. The average molecular weight is 318 g/mol. The van der Waals surface area contributed by atoms with E-state index in [9.17, 15) is 0 Å². The van der Waals surface area contributed by atoms with Crippen molar-refractivity contribution in [3.8, 4) is 0 Å². The molecule has 1 fully saturated rings. The van der Waals surface area contributed by atoms with E-state index in [4.69, 9.17) is 17.3 Å². The minimum atomic E-state index is 0.300. The second-order valence-corrected chi connectivity index (χ2v) is 6.15. The molecule has 1 aromatic carbocycles. The summed E-state index contributed by atoms with van der Waals surface area (Å²) in [5.41, 5.74) is 7.21. The van der Waals surface area contributed by atoms with E-state index in [1.165, 1.54) is 12.0 Å². The van der Waals surface area contributed by atoms with Crippen molar-refractivity contribution in [3.63, 3.8) is 0 Å². The van der Waals surface area contributed by atoms with Crippen LogP contribution in [-0.4, -0.2) is 24.0 Å². The summed E-state index contributed by atoms with van der Waals surface area (Å²) in [5, 5.41) is 0.783. The quantitative estimate of drug-likeness (QED) is 0.927. The Balaban J connectivity index is 1.96. The highest BCUT2D eigenvalue weighted by Crippen LogP contribution is 2.25. The van der Waals surface area contributed by atoms with Crippen LogP contribution in [0.25, 0.3) is 0 Å². The molecule has 1 aliphatic heterocycles. The van der Waals surface area contributed by atoms with Crippen LogP contribution in [0.1, 0.15) is 18.9 Å². The minimum Gasteiger partial charge on any atom is -0.328 e. The molecule has 1 aliphatic rings. The highest BCUT2D eigenvalue weighted by atomic mass is 79.9. The van der Waals surface area contributed by atoms with Crippen LogP contribution in [-0.2, 0) is 6.54 Å². The van der Waals surface area contributed by atoms with Crippen LogP contribution in [0, 0.1) is 5.92 Å². The zero-order chi connectivity index (χ0) is 12.4. The molecule has 0 spiro atoms. The van der Waals surface area contributed by atoms with Gasteiger partial charge in [-0.3, -0.25) is 4.90 Å². The topological polar surface area (TPSA) is 29.3 Å². The number of likely N-dealkylation sites (tertiary alicyclic amines) is 1. The third-order valence-electron chi connectivity index (χ3n) is 3.44. The van der Waals surface area contributed by atoms with Gasteiger partial charge < -0.3 is 5.73 Å². The summed E-state index contributed by atoms with van der Waals surface area (Å²) in [7, 11) is 0. The number of hydrogen-bond donors (Lipinski definition) is 1. The monoisotopic (exact) mass is 316 g/mol. The summed E-state index contributed by atoms with van der Waals surface area (Å²) in [6.45, 7) is 5.31. The molecule has 0 aromatic heterocycles. The van der Waals surface area contributed by atoms with Gasteiger partial charge in [0.2, 0.25) is 0 Å². The predicted octanol–water partition coefficient (Wildman–Crippen LogP) is 3.27. The first-order valence-electron chi connectivity index (χ1n) is 5.98. The number of nitrogens with two attached hydrogens (primary N) is 1. The molecular weight excluding hydrogens is 300 g/mol. The lowest BCUT2D eigenvalue weighted by atomic mass is 10.0. The molecule has 0 amide bonds. The smallest absolute Gasteiger partial charge is 0.0551 e. The van der Waals surface area contributed by atoms with Gasteiger partial charge in [0, 0.05) is 23.6 Å². The number of benzene rings is 1. The Morgan fingerprint density at radius 3 is 2.94 bits per heavy atom. The molecule has 1 saturated heterocycles.